The van der Waals surface area contributed by atoms with Crippen LogP contribution in [0.4, 0.5) is 0 Å². The quantitative estimate of drug-likeness (QED) is 0.458. The zero-order valence-corrected chi connectivity index (χ0v) is 18.8. The number of amides is 1. The molecule has 0 bridgehead atoms. The lowest BCUT2D eigenvalue weighted by atomic mass is 10.0. The van der Waals surface area contributed by atoms with Gasteiger partial charge in [-0.2, -0.15) is 0 Å². The summed E-state index contributed by atoms with van der Waals surface area (Å²) in [7, 11) is 1.99. The molecule has 1 atom stereocenters. The number of imidazole rings is 1. The van der Waals surface area contributed by atoms with Crippen LogP contribution in [-0.2, 0) is 18.4 Å². The highest BCUT2D eigenvalue weighted by molar-refractivity contribution is 5.78. The van der Waals surface area contributed by atoms with Crippen LogP contribution >= 0.6 is 0 Å². The summed E-state index contributed by atoms with van der Waals surface area (Å²) in [5, 5.41) is 3.77. The number of carbonyl (C=O) groups excluding carboxylic acids is 1. The van der Waals surface area contributed by atoms with Gasteiger partial charge in [-0.15, -0.1) is 0 Å². The number of para-hydroxylation sites is 3. The van der Waals surface area contributed by atoms with E-state index in [1.165, 1.54) is 0 Å². The highest BCUT2D eigenvalue weighted by Gasteiger charge is 2.21. The van der Waals surface area contributed by atoms with Crippen molar-refractivity contribution in [3.63, 3.8) is 0 Å². The van der Waals surface area contributed by atoms with Crippen molar-refractivity contribution in [3.8, 4) is 0 Å². The molecule has 0 saturated carbocycles. The monoisotopic (exact) mass is 431 g/mol. The first-order chi connectivity index (χ1) is 15.4. The van der Waals surface area contributed by atoms with Gasteiger partial charge < -0.3 is 9.88 Å². The summed E-state index contributed by atoms with van der Waals surface area (Å²) < 4.78 is 3.63. The van der Waals surface area contributed by atoms with E-state index in [4.69, 9.17) is 4.98 Å². The third-order valence-corrected chi connectivity index (χ3v) is 5.71. The molecule has 32 heavy (non-hydrogen) atoms. The molecule has 0 fully saturated rings. The van der Waals surface area contributed by atoms with Gasteiger partial charge in [-0.3, -0.25) is 14.2 Å². The van der Waals surface area contributed by atoms with E-state index < -0.39 is 0 Å². The molecule has 7 nitrogen and oxygen atoms in total. The number of rotatable bonds is 8. The highest BCUT2D eigenvalue weighted by atomic mass is 16.1. The molecule has 1 N–H and O–H groups in total. The predicted octanol–water partition coefficient (Wildman–Crippen LogP) is 3.97. The van der Waals surface area contributed by atoms with E-state index in [-0.39, 0.29) is 17.5 Å². The van der Waals surface area contributed by atoms with E-state index >= 15 is 0 Å². The summed E-state index contributed by atoms with van der Waals surface area (Å²) in [5.74, 6) is 1.23. The molecule has 0 unspecified atom stereocenters. The number of hydrogen-bond donors (Lipinski definition) is 1. The van der Waals surface area contributed by atoms with Crippen LogP contribution < -0.4 is 10.9 Å². The van der Waals surface area contributed by atoms with Gasteiger partial charge >= 0.3 is 0 Å². The Labute approximate surface area is 187 Å². The molecule has 1 amide bonds. The number of aromatic nitrogens is 4. The van der Waals surface area contributed by atoms with E-state index in [9.17, 15) is 9.59 Å². The SMILES string of the molecule is CC(C)C[C@@H](NC(=O)CCCn1cnc2ccccc2c1=O)c1nc2ccccc2n1C. The number of nitrogens with zero attached hydrogens (tertiary/aromatic N) is 4. The van der Waals surface area contributed by atoms with Gasteiger partial charge in [0.1, 0.15) is 5.82 Å². The van der Waals surface area contributed by atoms with Crippen LogP contribution in [-0.4, -0.2) is 25.0 Å². The molecule has 7 heteroatoms. The van der Waals surface area contributed by atoms with Crippen molar-refractivity contribution < 1.29 is 4.79 Å². The van der Waals surface area contributed by atoms with Crippen LogP contribution in [0.5, 0.6) is 0 Å². The van der Waals surface area contributed by atoms with E-state index in [0.29, 0.717) is 36.2 Å². The number of fused-ring (bicyclic) bond motifs is 2. The van der Waals surface area contributed by atoms with E-state index in [2.05, 4.69) is 28.7 Å². The summed E-state index contributed by atoms with van der Waals surface area (Å²) in [5.41, 5.74) is 2.59. The van der Waals surface area contributed by atoms with Crippen molar-refractivity contribution in [1.29, 1.82) is 0 Å². The molecule has 0 radical (unpaired) electrons. The average molecular weight is 432 g/mol. The standard InChI is InChI=1S/C25H29N5O2/c1-17(2)15-21(24-28-20-11-6-7-12-22(20)29(24)3)27-23(31)13-8-14-30-16-26-19-10-5-4-9-18(19)25(30)32/h4-7,9-12,16-17,21H,8,13-15H2,1-3H3,(H,27,31)/t21-/m1/s1. The van der Waals surface area contributed by atoms with Gasteiger partial charge in [0, 0.05) is 20.0 Å². The minimum Gasteiger partial charge on any atom is -0.346 e. The van der Waals surface area contributed by atoms with Gasteiger partial charge in [-0.25, -0.2) is 9.97 Å². The normalized spacial score (nSPS) is 12.5. The highest BCUT2D eigenvalue weighted by Crippen LogP contribution is 2.24. The van der Waals surface area contributed by atoms with Gasteiger partial charge in [0.25, 0.3) is 5.56 Å². The number of carbonyl (C=O) groups is 1. The van der Waals surface area contributed by atoms with Crippen LogP contribution in [0.15, 0.2) is 59.7 Å². The van der Waals surface area contributed by atoms with Crippen molar-refractivity contribution in [2.24, 2.45) is 13.0 Å². The van der Waals surface area contributed by atoms with Gasteiger partial charge in [-0.05, 0) is 43.0 Å². The molecule has 0 spiro atoms. The maximum absolute atomic E-state index is 12.8. The Morgan fingerprint density at radius 3 is 2.53 bits per heavy atom. The molecule has 4 rings (SSSR count). The summed E-state index contributed by atoms with van der Waals surface area (Å²) in [6.45, 7) is 4.73. The van der Waals surface area contributed by atoms with Gasteiger partial charge in [0.05, 0.1) is 34.3 Å². The maximum atomic E-state index is 12.8. The van der Waals surface area contributed by atoms with Crippen molar-refractivity contribution in [1.82, 2.24) is 24.4 Å². The smallest absolute Gasteiger partial charge is 0.261 e. The van der Waals surface area contributed by atoms with Crippen molar-refractivity contribution in [2.75, 3.05) is 0 Å². The molecule has 0 aliphatic carbocycles. The fraction of sp³-hybridized carbons (Fsp3) is 0.360. The lowest BCUT2D eigenvalue weighted by Crippen LogP contribution is -2.31. The summed E-state index contributed by atoms with van der Waals surface area (Å²) in [6, 6.07) is 15.1. The topological polar surface area (TPSA) is 81.8 Å². The second-order valence-electron chi connectivity index (χ2n) is 8.63. The second kappa shape index (κ2) is 9.34. The fourth-order valence-electron chi connectivity index (χ4n) is 4.12. The molecule has 2 aromatic heterocycles. The fourth-order valence-corrected chi connectivity index (χ4v) is 4.12. The molecule has 166 valence electrons. The Morgan fingerprint density at radius 2 is 1.78 bits per heavy atom. The molecule has 0 aliphatic rings. The lowest BCUT2D eigenvalue weighted by Gasteiger charge is -2.20. The Bertz CT molecular complexity index is 1300. The number of aryl methyl sites for hydroxylation is 2. The van der Waals surface area contributed by atoms with Crippen molar-refractivity contribution >= 4 is 27.8 Å². The number of hydrogen-bond acceptors (Lipinski definition) is 4. The Balaban J connectivity index is 1.43. The van der Waals surface area contributed by atoms with Gasteiger partial charge in [0.2, 0.25) is 5.91 Å². The molecule has 0 aliphatic heterocycles. The first kappa shape index (κ1) is 21.7. The van der Waals surface area contributed by atoms with Crippen LogP contribution in [0.3, 0.4) is 0 Å². The Hall–Kier alpha value is -3.48. The molecule has 2 heterocycles. The maximum Gasteiger partial charge on any atom is 0.261 e. The first-order valence-electron chi connectivity index (χ1n) is 11.1. The van der Waals surface area contributed by atoms with Crippen LogP contribution in [0, 0.1) is 5.92 Å². The molecule has 2 aromatic carbocycles. The third kappa shape index (κ3) is 4.56. The van der Waals surface area contributed by atoms with E-state index in [1.54, 1.807) is 17.0 Å². The average Bonchev–Trinajstić information content (AvgIpc) is 3.11. The Morgan fingerprint density at radius 1 is 1.06 bits per heavy atom. The number of nitrogens with one attached hydrogen (secondary N) is 1. The van der Waals surface area contributed by atoms with E-state index in [1.807, 2.05) is 49.5 Å². The second-order valence-corrected chi connectivity index (χ2v) is 8.63. The predicted molar refractivity (Wildman–Crippen MR) is 126 cm³/mol. The zero-order chi connectivity index (χ0) is 22.7. The van der Waals surface area contributed by atoms with Crippen LogP contribution in [0.25, 0.3) is 21.9 Å². The van der Waals surface area contributed by atoms with E-state index in [0.717, 1.165) is 23.3 Å². The van der Waals surface area contributed by atoms with Crippen molar-refractivity contribution in [2.45, 2.75) is 45.7 Å². The minimum absolute atomic E-state index is 0.0375. The third-order valence-electron chi connectivity index (χ3n) is 5.71. The van der Waals surface area contributed by atoms with Crippen LogP contribution in [0.1, 0.15) is 45.0 Å². The van der Waals surface area contributed by atoms with Crippen molar-refractivity contribution in [3.05, 3.63) is 71.0 Å². The Kier molecular flexibility index (Phi) is 6.35. The van der Waals surface area contributed by atoms with Gasteiger partial charge in [0.15, 0.2) is 0 Å². The molecule has 0 saturated heterocycles. The van der Waals surface area contributed by atoms with Gasteiger partial charge in [-0.1, -0.05) is 38.1 Å². The van der Waals surface area contributed by atoms with Crippen LogP contribution in [0.2, 0.25) is 0 Å². The zero-order valence-electron chi connectivity index (χ0n) is 18.8. The molecular weight excluding hydrogens is 402 g/mol. The summed E-state index contributed by atoms with van der Waals surface area (Å²) >= 11 is 0. The summed E-state index contributed by atoms with van der Waals surface area (Å²) in [4.78, 5) is 34.5. The lowest BCUT2D eigenvalue weighted by molar-refractivity contribution is -0.122. The largest absolute Gasteiger partial charge is 0.346 e. The summed E-state index contributed by atoms with van der Waals surface area (Å²) in [6.07, 6.45) is 3.25. The molecule has 4 aromatic rings. The minimum atomic E-state index is -0.162. The molecular formula is C25H29N5O2. The number of benzene rings is 2. The first-order valence-corrected chi connectivity index (χ1v) is 11.1.